The van der Waals surface area contributed by atoms with Gasteiger partial charge in [0.2, 0.25) is 5.66 Å². The van der Waals surface area contributed by atoms with Crippen LogP contribution in [0.5, 0.6) is 0 Å². The molecule has 2 rings (SSSR count). The average molecular weight is 463 g/mol. The van der Waals surface area contributed by atoms with Gasteiger partial charge in [0.25, 0.3) is 0 Å². The average Bonchev–Trinajstić information content (AvgIpc) is 2.94. The lowest BCUT2D eigenvalue weighted by atomic mass is 9.83. The number of halogens is 2. The predicted molar refractivity (Wildman–Crippen MR) is 99.5 cm³/mol. The van der Waals surface area contributed by atoms with Crippen molar-refractivity contribution in [3.05, 3.63) is 49.0 Å². The lowest BCUT2D eigenvalue weighted by molar-refractivity contribution is -0.444. The SMILES string of the molecule is CC(C)(C)C1=C(Br)N(C(N)=O)C(C)(n2ccc(C(=O)O)n2)C([N+](=O)[O-])=C1Cl. The van der Waals surface area contributed by atoms with Crippen molar-refractivity contribution in [2.45, 2.75) is 33.4 Å². The lowest BCUT2D eigenvalue weighted by Crippen LogP contribution is -2.57. The first-order valence-corrected chi connectivity index (χ1v) is 8.76. The van der Waals surface area contributed by atoms with Gasteiger partial charge in [-0.1, -0.05) is 32.4 Å². The zero-order valence-electron chi connectivity index (χ0n) is 14.9. The summed E-state index contributed by atoms with van der Waals surface area (Å²) < 4.78 is 1.11. The van der Waals surface area contributed by atoms with E-state index in [-0.39, 0.29) is 15.3 Å². The number of primary amides is 1. The Kier molecular flexibility index (Phi) is 5.14. The summed E-state index contributed by atoms with van der Waals surface area (Å²) in [5, 5.41) is 24.7. The van der Waals surface area contributed by atoms with Gasteiger partial charge in [0, 0.05) is 11.8 Å². The maximum Gasteiger partial charge on any atom is 0.356 e. The van der Waals surface area contributed by atoms with Crippen LogP contribution in [0.15, 0.2) is 33.2 Å². The van der Waals surface area contributed by atoms with Crippen molar-refractivity contribution < 1.29 is 19.6 Å². The molecule has 0 aromatic carbocycles. The van der Waals surface area contributed by atoms with Gasteiger partial charge in [-0.05, 0) is 34.3 Å². The van der Waals surface area contributed by atoms with Crippen molar-refractivity contribution in [2.75, 3.05) is 0 Å². The fourth-order valence-corrected chi connectivity index (χ4v) is 4.97. The molecule has 2 amide bonds. The van der Waals surface area contributed by atoms with Crippen LogP contribution in [0, 0.1) is 15.5 Å². The number of aromatic nitrogens is 2. The minimum absolute atomic E-state index is 0.132. The third-order valence-electron chi connectivity index (χ3n) is 4.12. The van der Waals surface area contributed by atoms with Gasteiger partial charge < -0.3 is 10.8 Å². The van der Waals surface area contributed by atoms with Crippen LogP contribution in [-0.4, -0.2) is 36.7 Å². The first-order chi connectivity index (χ1) is 12.2. The predicted octanol–water partition coefficient (Wildman–Crippen LogP) is 3.03. The van der Waals surface area contributed by atoms with E-state index in [0.29, 0.717) is 5.57 Å². The standard InChI is InChI=1S/C15H17BrClN5O5/c1-14(2,3)8-9(17)10(22(26)27)15(4,21(11(8)16)13(18)25)20-6-5-7(19-20)12(23)24/h5-6H,1-4H3,(H2,18,25)(H,23,24). The molecule has 1 unspecified atom stereocenters. The van der Waals surface area contributed by atoms with E-state index in [9.17, 15) is 19.7 Å². The van der Waals surface area contributed by atoms with Gasteiger partial charge in [0.05, 0.1) is 9.53 Å². The molecule has 0 spiro atoms. The number of amides is 2. The first-order valence-electron chi connectivity index (χ1n) is 7.59. The fraction of sp³-hybridized carbons (Fsp3) is 0.400. The highest BCUT2D eigenvalue weighted by atomic mass is 79.9. The van der Waals surface area contributed by atoms with E-state index < -0.39 is 33.7 Å². The maximum absolute atomic E-state index is 12.3. The Morgan fingerprint density at radius 3 is 2.37 bits per heavy atom. The van der Waals surface area contributed by atoms with Gasteiger partial charge >= 0.3 is 17.7 Å². The van der Waals surface area contributed by atoms with Gasteiger partial charge in [-0.2, -0.15) is 5.10 Å². The molecule has 0 fully saturated rings. The number of rotatable bonds is 3. The van der Waals surface area contributed by atoms with Crippen LogP contribution in [0.2, 0.25) is 0 Å². The van der Waals surface area contributed by atoms with E-state index in [1.807, 2.05) is 0 Å². The normalized spacial score (nSPS) is 20.9. The molecule has 0 aliphatic carbocycles. The number of nitro groups is 1. The van der Waals surface area contributed by atoms with E-state index in [2.05, 4.69) is 21.0 Å². The van der Waals surface area contributed by atoms with E-state index in [4.69, 9.17) is 22.4 Å². The Morgan fingerprint density at radius 2 is 2.00 bits per heavy atom. The third kappa shape index (κ3) is 3.21. The summed E-state index contributed by atoms with van der Waals surface area (Å²) in [5.74, 6) is -1.33. The molecule has 1 atom stereocenters. The summed E-state index contributed by atoms with van der Waals surface area (Å²) >= 11 is 9.70. The second kappa shape index (κ2) is 6.64. The minimum Gasteiger partial charge on any atom is -0.476 e. The molecule has 10 nitrogen and oxygen atoms in total. The van der Waals surface area contributed by atoms with Crippen molar-refractivity contribution in [1.82, 2.24) is 14.7 Å². The van der Waals surface area contributed by atoms with Gasteiger partial charge in [0.1, 0.15) is 5.03 Å². The number of carboxylic acids is 1. The molecule has 3 N–H and O–H groups in total. The molecule has 1 aliphatic heterocycles. The number of nitrogens with two attached hydrogens (primary N) is 1. The number of carbonyl (C=O) groups is 2. The summed E-state index contributed by atoms with van der Waals surface area (Å²) in [7, 11) is 0. The highest BCUT2D eigenvalue weighted by Crippen LogP contribution is 2.50. The van der Waals surface area contributed by atoms with Crippen LogP contribution in [0.25, 0.3) is 0 Å². The summed E-state index contributed by atoms with van der Waals surface area (Å²) in [6, 6.07) is 0.136. The maximum atomic E-state index is 12.3. The van der Waals surface area contributed by atoms with Crippen LogP contribution in [0.3, 0.4) is 0 Å². The number of hydrogen-bond donors (Lipinski definition) is 2. The van der Waals surface area contributed by atoms with Gasteiger partial charge in [-0.15, -0.1) is 0 Å². The van der Waals surface area contributed by atoms with Crippen molar-refractivity contribution >= 4 is 39.5 Å². The van der Waals surface area contributed by atoms with E-state index in [1.165, 1.54) is 13.1 Å². The number of nitrogens with zero attached hydrogens (tertiary/aromatic N) is 4. The molecule has 1 aromatic heterocycles. The van der Waals surface area contributed by atoms with Crippen LogP contribution in [0.1, 0.15) is 38.2 Å². The minimum atomic E-state index is -1.91. The monoisotopic (exact) mass is 461 g/mol. The third-order valence-corrected chi connectivity index (χ3v) is 5.24. The quantitative estimate of drug-likeness (QED) is 0.401. The molecule has 12 heteroatoms. The molecule has 1 aliphatic rings. The fourth-order valence-electron chi connectivity index (χ4n) is 2.92. The largest absolute Gasteiger partial charge is 0.476 e. The van der Waals surface area contributed by atoms with Crippen molar-refractivity contribution in [2.24, 2.45) is 11.1 Å². The number of urea groups is 1. The molecule has 1 aromatic rings. The molecule has 0 saturated heterocycles. The van der Waals surface area contributed by atoms with E-state index >= 15 is 0 Å². The molecule has 146 valence electrons. The van der Waals surface area contributed by atoms with Crippen LogP contribution < -0.4 is 5.73 Å². The van der Waals surface area contributed by atoms with E-state index in [1.54, 1.807) is 20.8 Å². The van der Waals surface area contributed by atoms with Crippen molar-refractivity contribution in [1.29, 1.82) is 0 Å². The van der Waals surface area contributed by atoms with E-state index in [0.717, 1.165) is 15.6 Å². The highest BCUT2D eigenvalue weighted by Gasteiger charge is 2.56. The molecule has 0 saturated carbocycles. The van der Waals surface area contributed by atoms with Gasteiger partial charge in [-0.3, -0.25) is 15.0 Å². The summed E-state index contributed by atoms with van der Waals surface area (Å²) in [6.07, 6.45) is 1.20. The topological polar surface area (TPSA) is 145 Å². The van der Waals surface area contributed by atoms with Crippen LogP contribution >= 0.6 is 27.5 Å². The summed E-state index contributed by atoms with van der Waals surface area (Å²) in [6.45, 7) is 6.60. The second-order valence-electron chi connectivity index (χ2n) is 6.98. The zero-order valence-corrected chi connectivity index (χ0v) is 17.2. The Bertz CT molecular complexity index is 916. The smallest absolute Gasteiger partial charge is 0.356 e. The summed E-state index contributed by atoms with van der Waals surface area (Å²) in [4.78, 5) is 35.6. The molecular formula is C15H17BrClN5O5. The number of carbonyl (C=O) groups excluding carboxylic acids is 1. The molecule has 0 bridgehead atoms. The zero-order chi connectivity index (χ0) is 20.9. The highest BCUT2D eigenvalue weighted by molar-refractivity contribution is 9.11. The van der Waals surface area contributed by atoms with Crippen LogP contribution in [0.4, 0.5) is 4.79 Å². The summed E-state index contributed by atoms with van der Waals surface area (Å²) in [5.41, 5.74) is 2.32. The molecule has 0 radical (unpaired) electrons. The Morgan fingerprint density at radius 1 is 1.44 bits per heavy atom. The number of hydrogen-bond acceptors (Lipinski definition) is 5. The Balaban J connectivity index is 2.93. The number of aromatic carboxylic acids is 1. The second-order valence-corrected chi connectivity index (χ2v) is 8.11. The Hall–Kier alpha value is -2.40. The molecule has 27 heavy (non-hydrogen) atoms. The Labute approximate surface area is 167 Å². The van der Waals surface area contributed by atoms with Gasteiger partial charge in [-0.25, -0.2) is 14.3 Å². The van der Waals surface area contributed by atoms with Crippen molar-refractivity contribution in [3.63, 3.8) is 0 Å². The molecule has 2 heterocycles. The van der Waals surface area contributed by atoms with Crippen LogP contribution in [-0.2, 0) is 5.66 Å². The van der Waals surface area contributed by atoms with Crippen molar-refractivity contribution in [3.8, 4) is 0 Å². The lowest BCUT2D eigenvalue weighted by Gasteiger charge is -2.43. The number of carboxylic acid groups (broad SMARTS) is 1. The first kappa shape index (κ1) is 20.9. The molecular weight excluding hydrogens is 446 g/mol. The number of allylic oxidation sites excluding steroid dienone is 2. The van der Waals surface area contributed by atoms with Gasteiger partial charge in [0.15, 0.2) is 5.69 Å².